The highest BCUT2D eigenvalue weighted by molar-refractivity contribution is 7.09. The van der Waals surface area contributed by atoms with Crippen molar-refractivity contribution in [2.24, 2.45) is 0 Å². The van der Waals surface area contributed by atoms with Crippen LogP contribution in [-0.2, 0) is 0 Å². The number of ketones is 1. The van der Waals surface area contributed by atoms with Crippen LogP contribution in [0.15, 0.2) is 29.6 Å². The molecule has 2 aromatic rings. The average Bonchev–Trinajstić information content (AvgIpc) is 2.95. The van der Waals surface area contributed by atoms with Gasteiger partial charge in [0.2, 0.25) is 0 Å². The third-order valence-corrected chi connectivity index (χ3v) is 3.89. The molecule has 4 nitrogen and oxygen atoms in total. The largest absolute Gasteiger partial charge is 0.485 e. The summed E-state index contributed by atoms with van der Waals surface area (Å²) in [6.45, 7) is 0.388. The Bertz CT molecular complexity index is 613. The van der Waals surface area contributed by atoms with Crippen molar-refractivity contribution in [3.05, 3.63) is 40.3 Å². The second-order valence-electron chi connectivity index (χ2n) is 3.99. The monoisotopic (exact) mass is 295 g/mol. The Kier molecular flexibility index (Phi) is 3.40. The molecule has 0 bridgehead atoms. The number of benzene rings is 1. The van der Waals surface area contributed by atoms with Gasteiger partial charge >= 0.3 is 0 Å². The number of carbonyl (C=O) groups is 1. The molecule has 0 spiro atoms. The molecule has 1 aliphatic heterocycles. The summed E-state index contributed by atoms with van der Waals surface area (Å²) in [4.78, 5) is 15.7. The van der Waals surface area contributed by atoms with E-state index in [4.69, 9.17) is 21.1 Å². The molecule has 0 aliphatic carbocycles. The van der Waals surface area contributed by atoms with Crippen LogP contribution in [0.5, 0.6) is 11.5 Å². The van der Waals surface area contributed by atoms with Gasteiger partial charge in [0.15, 0.2) is 23.4 Å². The summed E-state index contributed by atoms with van der Waals surface area (Å²) >= 11 is 6.89. The van der Waals surface area contributed by atoms with Crippen LogP contribution in [0.4, 0.5) is 0 Å². The van der Waals surface area contributed by atoms with Gasteiger partial charge in [-0.05, 0) is 12.1 Å². The van der Waals surface area contributed by atoms with Crippen molar-refractivity contribution >= 4 is 28.7 Å². The summed E-state index contributed by atoms with van der Waals surface area (Å²) in [6, 6.07) is 7.48. The first-order valence-corrected chi connectivity index (χ1v) is 7.12. The second-order valence-corrected chi connectivity index (χ2v) is 5.15. The lowest BCUT2D eigenvalue weighted by Crippen LogP contribution is -2.21. The molecular weight excluding hydrogens is 286 g/mol. The lowest BCUT2D eigenvalue weighted by Gasteiger charge is -2.24. The van der Waals surface area contributed by atoms with Gasteiger partial charge in [-0.1, -0.05) is 12.1 Å². The number of thiazole rings is 1. The third kappa shape index (κ3) is 2.43. The SMILES string of the molecule is O=C(CCl)c1csc(C2COc3ccccc3O2)n1. The van der Waals surface area contributed by atoms with Crippen LogP contribution in [0, 0.1) is 0 Å². The molecule has 0 saturated carbocycles. The standard InChI is InChI=1S/C13H10ClNO3S/c14-5-9(16)8-7-19-13(15-8)12-6-17-10-3-1-2-4-11(10)18-12/h1-4,7,12H,5-6H2. The zero-order valence-electron chi connectivity index (χ0n) is 9.84. The Hall–Kier alpha value is -1.59. The fourth-order valence-corrected chi connectivity index (χ4v) is 2.75. The molecule has 1 aromatic carbocycles. The van der Waals surface area contributed by atoms with E-state index in [2.05, 4.69) is 4.98 Å². The topological polar surface area (TPSA) is 48.4 Å². The van der Waals surface area contributed by atoms with Gasteiger partial charge in [-0.3, -0.25) is 4.79 Å². The van der Waals surface area contributed by atoms with Gasteiger partial charge in [-0.2, -0.15) is 0 Å². The van der Waals surface area contributed by atoms with Crippen LogP contribution in [0.1, 0.15) is 21.6 Å². The van der Waals surface area contributed by atoms with Crippen molar-refractivity contribution in [1.82, 2.24) is 4.98 Å². The van der Waals surface area contributed by atoms with Gasteiger partial charge in [0, 0.05) is 5.38 Å². The number of hydrogen-bond acceptors (Lipinski definition) is 5. The van der Waals surface area contributed by atoms with Crippen LogP contribution in [-0.4, -0.2) is 23.3 Å². The Morgan fingerprint density at radius 1 is 1.42 bits per heavy atom. The second kappa shape index (κ2) is 5.19. The molecule has 1 aliphatic rings. The van der Waals surface area contributed by atoms with E-state index in [9.17, 15) is 4.79 Å². The van der Waals surface area contributed by atoms with Crippen molar-refractivity contribution < 1.29 is 14.3 Å². The normalized spacial score (nSPS) is 17.2. The lowest BCUT2D eigenvalue weighted by molar-refractivity contribution is 0.0905. The summed E-state index contributed by atoms with van der Waals surface area (Å²) in [5.41, 5.74) is 0.387. The first kappa shape index (κ1) is 12.4. The van der Waals surface area contributed by atoms with E-state index in [0.717, 1.165) is 10.8 Å². The van der Waals surface area contributed by atoms with Crippen molar-refractivity contribution in [3.8, 4) is 11.5 Å². The fraction of sp³-hybridized carbons (Fsp3) is 0.231. The Balaban J connectivity index is 1.81. The molecule has 0 N–H and O–H groups in total. The molecule has 19 heavy (non-hydrogen) atoms. The van der Waals surface area contributed by atoms with Crippen LogP contribution in [0.2, 0.25) is 0 Å². The summed E-state index contributed by atoms with van der Waals surface area (Å²) in [6.07, 6.45) is -0.281. The van der Waals surface area contributed by atoms with Crippen LogP contribution < -0.4 is 9.47 Å². The average molecular weight is 296 g/mol. The molecule has 2 heterocycles. The van der Waals surface area contributed by atoms with E-state index < -0.39 is 0 Å². The maximum Gasteiger partial charge on any atom is 0.196 e. The maximum absolute atomic E-state index is 11.4. The third-order valence-electron chi connectivity index (χ3n) is 2.71. The van der Waals surface area contributed by atoms with Crippen LogP contribution in [0.25, 0.3) is 0 Å². The molecule has 1 unspecified atom stereocenters. The van der Waals surface area contributed by atoms with Gasteiger partial charge < -0.3 is 9.47 Å². The molecule has 98 valence electrons. The Morgan fingerprint density at radius 2 is 2.21 bits per heavy atom. The highest BCUT2D eigenvalue weighted by Crippen LogP contribution is 2.36. The number of rotatable bonds is 3. The van der Waals surface area contributed by atoms with Gasteiger partial charge in [0.1, 0.15) is 17.3 Å². The van der Waals surface area contributed by atoms with Gasteiger partial charge in [-0.15, -0.1) is 22.9 Å². The minimum atomic E-state index is -0.281. The van der Waals surface area contributed by atoms with Gasteiger partial charge in [-0.25, -0.2) is 4.98 Å². The van der Waals surface area contributed by atoms with Gasteiger partial charge in [0.05, 0.1) is 5.88 Å². The van der Waals surface area contributed by atoms with E-state index in [1.54, 1.807) is 5.38 Å². The number of aromatic nitrogens is 1. The van der Waals surface area contributed by atoms with Crippen LogP contribution >= 0.6 is 22.9 Å². The van der Waals surface area contributed by atoms with Crippen molar-refractivity contribution in [2.45, 2.75) is 6.10 Å². The van der Waals surface area contributed by atoms with Crippen molar-refractivity contribution in [3.63, 3.8) is 0 Å². The predicted octanol–water partition coefficient (Wildman–Crippen LogP) is 3.08. The first-order valence-electron chi connectivity index (χ1n) is 5.71. The number of ether oxygens (including phenoxy) is 2. The molecule has 3 rings (SSSR count). The minimum Gasteiger partial charge on any atom is -0.485 e. The van der Waals surface area contributed by atoms with E-state index in [1.165, 1.54) is 11.3 Å². The number of halogens is 1. The molecule has 0 fully saturated rings. The minimum absolute atomic E-state index is 0.0615. The summed E-state index contributed by atoms with van der Waals surface area (Å²) in [5, 5.41) is 2.42. The quantitative estimate of drug-likeness (QED) is 0.645. The van der Waals surface area contributed by atoms with E-state index in [-0.39, 0.29) is 17.8 Å². The number of hydrogen-bond donors (Lipinski definition) is 0. The number of carbonyl (C=O) groups excluding carboxylic acids is 1. The number of Topliss-reactive ketones (excluding diaryl/α,β-unsaturated/α-hetero) is 1. The first-order chi connectivity index (χ1) is 9.28. The zero-order chi connectivity index (χ0) is 13.2. The summed E-state index contributed by atoms with van der Waals surface area (Å²) < 4.78 is 11.4. The van der Waals surface area contributed by atoms with E-state index in [1.807, 2.05) is 24.3 Å². The number of para-hydroxylation sites is 2. The summed E-state index contributed by atoms with van der Waals surface area (Å²) in [5.74, 6) is 1.18. The molecule has 0 radical (unpaired) electrons. The van der Waals surface area contributed by atoms with Crippen molar-refractivity contribution in [1.29, 1.82) is 0 Å². The number of alkyl halides is 1. The number of nitrogens with zero attached hydrogens (tertiary/aromatic N) is 1. The zero-order valence-corrected chi connectivity index (χ0v) is 11.4. The van der Waals surface area contributed by atoms with Crippen molar-refractivity contribution in [2.75, 3.05) is 12.5 Å². The molecule has 1 aromatic heterocycles. The molecule has 0 saturated heterocycles. The molecule has 1 atom stereocenters. The van der Waals surface area contributed by atoms with Gasteiger partial charge in [0.25, 0.3) is 0 Å². The molecule has 0 amide bonds. The van der Waals surface area contributed by atoms with E-state index in [0.29, 0.717) is 18.1 Å². The molecule has 6 heteroatoms. The smallest absolute Gasteiger partial charge is 0.196 e. The van der Waals surface area contributed by atoms with E-state index >= 15 is 0 Å². The Labute approximate surface area is 118 Å². The molecular formula is C13H10ClNO3S. The fourth-order valence-electron chi connectivity index (χ4n) is 1.77. The number of fused-ring (bicyclic) bond motifs is 1. The Morgan fingerprint density at radius 3 is 3.00 bits per heavy atom. The van der Waals surface area contributed by atoms with Crippen LogP contribution in [0.3, 0.4) is 0 Å². The summed E-state index contributed by atoms with van der Waals surface area (Å²) in [7, 11) is 0. The maximum atomic E-state index is 11.4. The lowest BCUT2D eigenvalue weighted by atomic mass is 10.2. The highest BCUT2D eigenvalue weighted by Gasteiger charge is 2.25. The predicted molar refractivity (Wildman–Crippen MR) is 72.5 cm³/mol. The highest BCUT2D eigenvalue weighted by atomic mass is 35.5.